The maximum absolute atomic E-state index is 12.2. The summed E-state index contributed by atoms with van der Waals surface area (Å²) in [6, 6.07) is 13.5. The molecule has 0 atom stereocenters. The van der Waals surface area contributed by atoms with E-state index < -0.39 is 0 Å². The monoisotopic (exact) mass is 340 g/mol. The van der Waals surface area contributed by atoms with E-state index in [9.17, 15) is 4.79 Å². The van der Waals surface area contributed by atoms with Crippen molar-refractivity contribution in [2.45, 2.75) is 32.3 Å². The zero-order valence-electron chi connectivity index (χ0n) is 13.2. The van der Waals surface area contributed by atoms with Crippen molar-refractivity contribution < 1.29 is 9.15 Å². The number of benzene rings is 2. The minimum absolute atomic E-state index is 0.228. The molecule has 1 aliphatic carbocycles. The molecule has 0 saturated carbocycles. The van der Waals surface area contributed by atoms with Gasteiger partial charge in [0, 0.05) is 17.0 Å². The summed E-state index contributed by atoms with van der Waals surface area (Å²) in [5.74, 6) is 0.534. The van der Waals surface area contributed by atoms with Crippen LogP contribution in [-0.2, 0) is 19.4 Å². The average molecular weight is 341 g/mol. The summed E-state index contributed by atoms with van der Waals surface area (Å²) in [7, 11) is 0. The Kier molecular flexibility index (Phi) is 4.03. The molecule has 24 heavy (non-hydrogen) atoms. The number of fused-ring (bicyclic) bond motifs is 3. The SMILES string of the molecule is O=c1oc2cc(OCc3ccccc3)c(Cl)cc2c2c1CCCC2. The lowest BCUT2D eigenvalue weighted by Gasteiger charge is -2.17. The molecule has 0 spiro atoms. The Labute approximate surface area is 144 Å². The van der Waals surface area contributed by atoms with Crippen molar-refractivity contribution in [1.29, 1.82) is 0 Å². The average Bonchev–Trinajstić information content (AvgIpc) is 2.62. The number of ether oxygens (including phenoxy) is 1. The van der Waals surface area contributed by atoms with Crippen molar-refractivity contribution in [3.8, 4) is 5.75 Å². The molecule has 3 aromatic rings. The van der Waals surface area contributed by atoms with E-state index >= 15 is 0 Å². The Balaban J connectivity index is 1.73. The Bertz CT molecular complexity index is 944. The van der Waals surface area contributed by atoms with Gasteiger partial charge in [-0.2, -0.15) is 0 Å². The van der Waals surface area contributed by atoms with Crippen molar-refractivity contribution in [2.75, 3.05) is 0 Å². The van der Waals surface area contributed by atoms with E-state index in [-0.39, 0.29) is 5.63 Å². The summed E-state index contributed by atoms with van der Waals surface area (Å²) in [6.07, 6.45) is 3.82. The lowest BCUT2D eigenvalue weighted by atomic mass is 9.91. The van der Waals surface area contributed by atoms with Gasteiger partial charge in [-0.1, -0.05) is 41.9 Å². The molecule has 2 aromatic carbocycles. The van der Waals surface area contributed by atoms with Gasteiger partial charge in [0.1, 0.15) is 17.9 Å². The maximum Gasteiger partial charge on any atom is 0.339 e. The highest BCUT2D eigenvalue weighted by Gasteiger charge is 2.19. The van der Waals surface area contributed by atoms with Gasteiger partial charge >= 0.3 is 5.63 Å². The first kappa shape index (κ1) is 15.3. The third-order valence-electron chi connectivity index (χ3n) is 4.51. The fourth-order valence-corrected chi connectivity index (χ4v) is 3.51. The third kappa shape index (κ3) is 2.80. The predicted molar refractivity (Wildman–Crippen MR) is 94.9 cm³/mol. The zero-order valence-corrected chi connectivity index (χ0v) is 13.9. The fourth-order valence-electron chi connectivity index (χ4n) is 3.29. The summed E-state index contributed by atoms with van der Waals surface area (Å²) in [6.45, 7) is 0.418. The number of hydrogen-bond acceptors (Lipinski definition) is 3. The Hall–Kier alpha value is -2.26. The van der Waals surface area contributed by atoms with Crippen LogP contribution >= 0.6 is 11.6 Å². The summed E-state index contributed by atoms with van der Waals surface area (Å²) in [5.41, 5.74) is 3.27. The van der Waals surface area contributed by atoms with Crippen LogP contribution in [0.4, 0.5) is 0 Å². The molecule has 0 N–H and O–H groups in total. The Morgan fingerprint density at radius 3 is 2.58 bits per heavy atom. The lowest BCUT2D eigenvalue weighted by molar-refractivity contribution is 0.306. The standard InChI is InChI=1S/C20H17ClO3/c21-17-10-16-14-8-4-5-9-15(14)20(22)24-18(16)11-19(17)23-12-13-6-2-1-3-7-13/h1-3,6-7,10-11H,4-5,8-9,12H2. The highest BCUT2D eigenvalue weighted by molar-refractivity contribution is 6.32. The highest BCUT2D eigenvalue weighted by Crippen LogP contribution is 2.34. The molecular weight excluding hydrogens is 324 g/mol. The highest BCUT2D eigenvalue weighted by atomic mass is 35.5. The van der Waals surface area contributed by atoms with Gasteiger partial charge in [-0.15, -0.1) is 0 Å². The van der Waals surface area contributed by atoms with Gasteiger partial charge in [0.15, 0.2) is 0 Å². The number of rotatable bonds is 3. The molecule has 3 nitrogen and oxygen atoms in total. The molecule has 4 rings (SSSR count). The van der Waals surface area contributed by atoms with Gasteiger partial charge in [0.25, 0.3) is 0 Å². The molecule has 1 aromatic heterocycles. The van der Waals surface area contributed by atoms with Crippen molar-refractivity contribution in [2.24, 2.45) is 0 Å². The molecule has 1 heterocycles. The molecule has 4 heteroatoms. The van der Waals surface area contributed by atoms with Crippen LogP contribution in [0.1, 0.15) is 29.5 Å². The number of halogens is 1. The summed E-state index contributed by atoms with van der Waals surface area (Å²) in [4.78, 5) is 12.2. The van der Waals surface area contributed by atoms with E-state index in [1.165, 1.54) is 0 Å². The third-order valence-corrected chi connectivity index (χ3v) is 4.81. The van der Waals surface area contributed by atoms with Gasteiger partial charge < -0.3 is 9.15 Å². The Morgan fingerprint density at radius 2 is 1.79 bits per heavy atom. The van der Waals surface area contributed by atoms with Gasteiger partial charge in [0.05, 0.1) is 5.02 Å². The molecule has 0 aliphatic heterocycles. The van der Waals surface area contributed by atoms with Crippen LogP contribution < -0.4 is 10.4 Å². The van der Waals surface area contributed by atoms with E-state index in [1.54, 1.807) is 6.07 Å². The molecular formula is C20H17ClO3. The summed E-state index contributed by atoms with van der Waals surface area (Å²) >= 11 is 6.41. The molecule has 0 unspecified atom stereocenters. The van der Waals surface area contributed by atoms with Crippen LogP contribution in [0.25, 0.3) is 11.0 Å². The molecule has 0 saturated heterocycles. The van der Waals surface area contributed by atoms with Gasteiger partial charge in [0.2, 0.25) is 0 Å². The van der Waals surface area contributed by atoms with Crippen LogP contribution in [0.2, 0.25) is 5.02 Å². The minimum Gasteiger partial charge on any atom is -0.487 e. The number of hydrogen-bond donors (Lipinski definition) is 0. The van der Waals surface area contributed by atoms with Crippen molar-refractivity contribution in [3.63, 3.8) is 0 Å². The van der Waals surface area contributed by atoms with Crippen LogP contribution in [0.15, 0.2) is 51.7 Å². The largest absolute Gasteiger partial charge is 0.487 e. The van der Waals surface area contributed by atoms with E-state index in [1.807, 2.05) is 36.4 Å². The van der Waals surface area contributed by atoms with Gasteiger partial charge in [-0.3, -0.25) is 0 Å². The fraction of sp³-hybridized carbons (Fsp3) is 0.250. The molecule has 0 fully saturated rings. The van der Waals surface area contributed by atoms with Crippen molar-refractivity contribution >= 4 is 22.6 Å². The second-order valence-corrected chi connectivity index (χ2v) is 6.51. The predicted octanol–water partition coefficient (Wildman–Crippen LogP) is 4.90. The topological polar surface area (TPSA) is 39.4 Å². The van der Waals surface area contributed by atoms with Crippen molar-refractivity contribution in [3.05, 3.63) is 74.6 Å². The van der Waals surface area contributed by atoms with E-state index in [0.717, 1.165) is 47.8 Å². The lowest BCUT2D eigenvalue weighted by Crippen LogP contribution is -2.15. The normalized spacial score (nSPS) is 13.7. The second-order valence-electron chi connectivity index (χ2n) is 6.11. The van der Waals surface area contributed by atoms with E-state index in [2.05, 4.69) is 0 Å². The van der Waals surface area contributed by atoms with Crippen LogP contribution in [0.3, 0.4) is 0 Å². The Morgan fingerprint density at radius 1 is 1.04 bits per heavy atom. The van der Waals surface area contributed by atoms with Gasteiger partial charge in [-0.05, 0) is 42.9 Å². The molecule has 0 amide bonds. The van der Waals surface area contributed by atoms with E-state index in [4.69, 9.17) is 20.8 Å². The first-order valence-corrected chi connectivity index (χ1v) is 8.55. The van der Waals surface area contributed by atoms with Crippen molar-refractivity contribution in [1.82, 2.24) is 0 Å². The zero-order chi connectivity index (χ0) is 16.5. The quantitative estimate of drug-likeness (QED) is 0.636. The molecule has 0 radical (unpaired) electrons. The minimum atomic E-state index is -0.228. The van der Waals surface area contributed by atoms with Crippen LogP contribution in [0, 0.1) is 0 Å². The van der Waals surface area contributed by atoms with Crippen LogP contribution in [0.5, 0.6) is 5.75 Å². The van der Waals surface area contributed by atoms with Crippen LogP contribution in [-0.4, -0.2) is 0 Å². The smallest absolute Gasteiger partial charge is 0.339 e. The molecule has 0 bridgehead atoms. The summed E-state index contributed by atoms with van der Waals surface area (Å²) in [5, 5.41) is 1.47. The number of aryl methyl sites for hydroxylation is 1. The maximum atomic E-state index is 12.2. The first-order chi connectivity index (χ1) is 11.7. The first-order valence-electron chi connectivity index (χ1n) is 8.17. The second kappa shape index (κ2) is 6.33. The van der Waals surface area contributed by atoms with Gasteiger partial charge in [-0.25, -0.2) is 4.79 Å². The summed E-state index contributed by atoms with van der Waals surface area (Å²) < 4.78 is 11.3. The molecule has 122 valence electrons. The van der Waals surface area contributed by atoms with E-state index in [0.29, 0.717) is 23.0 Å². The molecule has 1 aliphatic rings.